The Hall–Kier alpha value is -11.5. The number of ether oxygens (including phenoxy) is 1. The molecule has 0 bridgehead atoms. The summed E-state index contributed by atoms with van der Waals surface area (Å²) in [6, 6.07) is 19.5. The quantitative estimate of drug-likeness (QED) is 0.0167. The molecule has 6 aliphatic carbocycles. The number of fused-ring (bicyclic) bond motifs is 6. The first-order valence-corrected chi connectivity index (χ1v) is 50.8. The standard InChI is InChI=1S/C24H30N6O4S.C24H35N5O3S.C23H27FN6O3S.C22H31N5O3S/c1-5-30-18(15-29(2)3)14-22(27-30)35(32,33)28-24(31)26-23-19-8-6-7-16(19)9-10-20(23)17-11-12-25-21(13-17)34-4;1-15(2)28-21(16(3)29(4,5)6)14-22(26-28)33(31,32)27-24(30)25-23-19-11-7-9-17(19)13-18-10-8-12-20(18)23;1-4-30-16(14-29(2)3)11-21(27-30)34(32,33)28-23(31)26-22-18-9-5-8-17(18)20(24)12-19(22)15-7-6-10-25-13-15;1-14(27(3,4)5)19-13-20(24-26(19)2)31(29,30)25-22(28)23-21-17-10-6-8-15(17)12-16-9-7-11-18(16)21/h9-14H,5-8,15H2,1-4H3,(H2,26,28,31);13-16H,7-12H2,1-6H3,(H-,25,27,30);6-7,10-13H,4-5,8-9,14H2,1-3H3,(H2,26,28,31);12-14H,6-11H2,1-5H3,(H-,23,25,28). The first kappa shape index (κ1) is 99.0. The molecule has 714 valence electrons. The Morgan fingerprint density at radius 2 is 0.917 bits per heavy atom. The zero-order chi connectivity index (χ0) is 96.3. The van der Waals surface area contributed by atoms with Crippen molar-refractivity contribution in [3.8, 4) is 28.1 Å². The molecule has 16 rings (SSSR count). The molecule has 4 aromatic carbocycles. The Balaban J connectivity index is 0.000000151. The number of methoxy groups -OCH3 is 1. The number of carbonyl (C=O) groups is 2. The number of sulfonamides is 4. The molecule has 0 radical (unpaired) electrons. The van der Waals surface area contributed by atoms with Crippen molar-refractivity contribution < 1.29 is 71.6 Å². The van der Waals surface area contributed by atoms with Gasteiger partial charge < -0.3 is 55.0 Å². The average molecular weight is 1900 g/mol. The lowest BCUT2D eigenvalue weighted by molar-refractivity contribution is -0.900. The normalized spacial score (nSPS) is 15.2. The van der Waals surface area contributed by atoms with Crippen molar-refractivity contribution in [1.82, 2.24) is 68.3 Å². The molecule has 0 aliphatic heterocycles. The lowest BCUT2D eigenvalue weighted by Gasteiger charge is -2.32. The van der Waals surface area contributed by atoms with Crippen molar-refractivity contribution in [2.45, 2.75) is 222 Å². The van der Waals surface area contributed by atoms with Crippen molar-refractivity contribution >= 4 is 86.9 Å². The lowest BCUT2D eigenvalue weighted by atomic mass is 9.97. The number of carbonyl (C=O) groups excluding carboxylic acids is 2. The van der Waals surface area contributed by atoms with E-state index in [0.717, 1.165) is 176 Å². The number of nitrogens with one attached hydrogen (secondary N) is 6. The molecule has 2 atom stereocenters. The molecule has 6 N–H and O–H groups in total. The predicted molar refractivity (Wildman–Crippen MR) is 505 cm³/mol. The highest BCUT2D eigenvalue weighted by atomic mass is 32.2. The minimum Gasteiger partial charge on any atom is -0.845 e. The van der Waals surface area contributed by atoms with Crippen LogP contribution in [0, 0.1) is 5.82 Å². The summed E-state index contributed by atoms with van der Waals surface area (Å²) in [5, 5.41) is 52.6. The highest BCUT2D eigenvalue weighted by molar-refractivity contribution is 7.91. The Kier molecular flexibility index (Phi) is 30.0. The van der Waals surface area contributed by atoms with Gasteiger partial charge in [-0.2, -0.15) is 62.9 Å². The van der Waals surface area contributed by atoms with Gasteiger partial charge in [-0.25, -0.2) is 28.4 Å². The summed E-state index contributed by atoms with van der Waals surface area (Å²) in [5.41, 5.74) is 21.2. The summed E-state index contributed by atoms with van der Waals surface area (Å²) in [4.78, 5) is 37.9. The second-order valence-electron chi connectivity index (χ2n) is 37.1. The molecule has 2 unspecified atom stereocenters. The van der Waals surface area contributed by atoms with Crippen molar-refractivity contribution in [3.05, 3.63) is 193 Å². The van der Waals surface area contributed by atoms with Gasteiger partial charge in [-0.3, -0.25) is 23.7 Å². The number of rotatable bonds is 26. The van der Waals surface area contributed by atoms with Crippen LogP contribution >= 0.6 is 0 Å². The number of aromatic nitrogens is 10. The summed E-state index contributed by atoms with van der Waals surface area (Å²) < 4.78 is 143. The molecule has 6 aromatic heterocycles. The van der Waals surface area contributed by atoms with Crippen LogP contribution in [0.5, 0.6) is 5.88 Å². The van der Waals surface area contributed by atoms with E-state index in [4.69, 9.17) is 4.74 Å². The molecule has 0 saturated heterocycles. The number of pyridine rings is 2. The topological polar surface area (TPSA) is 426 Å². The van der Waals surface area contributed by atoms with E-state index in [1.54, 1.807) is 68.6 Å². The van der Waals surface area contributed by atoms with Gasteiger partial charge in [0.2, 0.25) is 5.88 Å². The molecular weight excluding hydrogens is 1780 g/mol. The van der Waals surface area contributed by atoms with Crippen LogP contribution < -0.4 is 45.7 Å². The highest BCUT2D eigenvalue weighted by Crippen LogP contribution is 2.44. The second kappa shape index (κ2) is 40.3. The Morgan fingerprint density at radius 1 is 0.489 bits per heavy atom. The molecule has 10 aromatic rings. The van der Waals surface area contributed by atoms with Crippen LogP contribution in [0.3, 0.4) is 0 Å². The maximum atomic E-state index is 14.8. The molecule has 6 heterocycles. The zero-order valence-electron chi connectivity index (χ0n) is 79.0. The minimum atomic E-state index is -4.25. The maximum absolute atomic E-state index is 14.8. The summed E-state index contributed by atoms with van der Waals surface area (Å²) in [6.07, 6.45) is 21.2. The highest BCUT2D eigenvalue weighted by Gasteiger charge is 2.36. The molecule has 6 aliphatic rings. The largest absolute Gasteiger partial charge is 0.845 e. The van der Waals surface area contributed by atoms with Crippen molar-refractivity contribution in [2.24, 2.45) is 15.8 Å². The van der Waals surface area contributed by atoms with Gasteiger partial charge in [0.15, 0.2) is 20.1 Å². The molecule has 133 heavy (non-hydrogen) atoms. The van der Waals surface area contributed by atoms with Gasteiger partial charge in [0.25, 0.3) is 20.0 Å². The third-order valence-electron chi connectivity index (χ3n) is 25.2. The van der Waals surface area contributed by atoms with Gasteiger partial charge >= 0.3 is 32.1 Å². The van der Waals surface area contributed by atoms with Crippen LogP contribution in [0.1, 0.15) is 188 Å². The van der Waals surface area contributed by atoms with E-state index in [2.05, 4.69) is 77.3 Å². The number of benzene rings is 4. The van der Waals surface area contributed by atoms with Gasteiger partial charge in [-0.05, 0) is 276 Å². The minimum absolute atomic E-state index is 0.00664. The van der Waals surface area contributed by atoms with Gasteiger partial charge in [0.05, 0.1) is 95.6 Å². The van der Waals surface area contributed by atoms with Gasteiger partial charge in [-0.15, -0.1) is 0 Å². The fourth-order valence-electron chi connectivity index (χ4n) is 18.1. The Labute approximate surface area is 779 Å². The first-order valence-electron chi connectivity index (χ1n) is 44.9. The number of hydrogen-bond donors (Lipinski definition) is 6. The number of aryl methyl sites for hydroxylation is 8. The average Bonchev–Trinajstić information content (AvgIpc) is 1.61. The fourth-order valence-corrected chi connectivity index (χ4v) is 21.5. The number of halogens is 1. The molecule has 0 saturated carbocycles. The van der Waals surface area contributed by atoms with Crippen molar-refractivity contribution in [1.29, 1.82) is 0 Å². The molecular formula is C93H123FN22O13S4. The van der Waals surface area contributed by atoms with Crippen molar-refractivity contribution in [3.63, 3.8) is 0 Å². The van der Waals surface area contributed by atoms with Crippen LogP contribution in [0.25, 0.3) is 22.3 Å². The van der Waals surface area contributed by atoms with Crippen LogP contribution in [0.15, 0.2) is 126 Å². The van der Waals surface area contributed by atoms with Gasteiger partial charge in [0, 0.05) is 116 Å². The van der Waals surface area contributed by atoms with E-state index < -0.39 is 64.2 Å². The number of quaternary nitrogens is 2. The van der Waals surface area contributed by atoms with Crippen molar-refractivity contribution in [2.75, 3.05) is 98.9 Å². The van der Waals surface area contributed by atoms with Gasteiger partial charge in [-0.1, -0.05) is 30.3 Å². The number of urea groups is 2. The van der Waals surface area contributed by atoms with E-state index >= 15 is 0 Å². The fraction of sp³-hybridized carbons (Fsp3) is 0.462. The van der Waals surface area contributed by atoms with E-state index in [9.17, 15) is 57.9 Å². The van der Waals surface area contributed by atoms with Crippen LogP contribution in [-0.4, -0.2) is 203 Å². The number of amidine groups is 2. The monoisotopic (exact) mass is 1900 g/mol. The summed E-state index contributed by atoms with van der Waals surface area (Å²) in [6.45, 7) is 13.7. The molecule has 0 fully saturated rings. The van der Waals surface area contributed by atoms with Gasteiger partial charge in [0.1, 0.15) is 17.9 Å². The molecule has 40 heteroatoms. The Bertz CT molecular complexity index is 6540. The molecule has 0 spiro atoms. The van der Waals surface area contributed by atoms with Crippen LogP contribution in [-0.2, 0) is 150 Å². The smallest absolute Gasteiger partial charge is 0.333 e. The zero-order valence-corrected chi connectivity index (χ0v) is 82.3. The first-order chi connectivity index (χ1) is 62.8. The predicted octanol–water partition coefficient (Wildman–Crippen LogP) is 10.6. The van der Waals surface area contributed by atoms with E-state index in [-0.39, 0.29) is 44.0 Å². The molecule has 4 amide bonds. The summed E-state index contributed by atoms with van der Waals surface area (Å²) in [7, 11) is 6.13. The summed E-state index contributed by atoms with van der Waals surface area (Å²) >= 11 is 0. The maximum Gasteiger partial charge on any atom is 0.333 e. The number of nitrogens with zero attached hydrogens (tertiary/aromatic N) is 16. The Morgan fingerprint density at radius 3 is 1.36 bits per heavy atom. The number of hydrogen-bond acceptors (Lipinski definition) is 21. The second-order valence-corrected chi connectivity index (χ2v) is 43.5. The van der Waals surface area contributed by atoms with Crippen LogP contribution in [0.4, 0.5) is 36.7 Å². The number of amides is 4. The van der Waals surface area contributed by atoms with Crippen LogP contribution in [0.2, 0.25) is 0 Å². The van der Waals surface area contributed by atoms with E-state index in [1.807, 2.05) is 145 Å². The third-order valence-corrected chi connectivity index (χ3v) is 29.9. The SMILES string of the molecule is CC(C)n1nc(S(=O)(=O)N=C([O-])Nc2c3c(cc4c2CCC4)CCC3)cc1C(C)[N+](C)(C)C.CC(c1cc(S(=O)(=O)N=C([O-])Nc2c3c(cc4c2CCC4)CCC3)nn1C)[N+](C)(C)C.CCn1nc(S(=O)(=O)NC(=O)Nc2c(-c3cccnc3)cc(F)c3c2CCC3)cc1CN(C)C.CCn1nc(S(=O)(=O)NC(=O)Nc2c(-c3ccnc(OC)c3)ccc3c2CCC3)cc1CN(C)C. The third kappa shape index (κ3) is 22.6. The number of anilines is 4. The van der Waals surface area contributed by atoms with E-state index in [1.165, 1.54) is 53.6 Å². The lowest BCUT2D eigenvalue weighted by Crippen LogP contribution is -2.38. The summed E-state index contributed by atoms with van der Waals surface area (Å²) in [5.74, 6) is 0.101. The van der Waals surface area contributed by atoms with E-state index in [0.29, 0.717) is 93.2 Å². The molecule has 35 nitrogen and oxygen atoms in total.